The van der Waals surface area contributed by atoms with E-state index < -0.39 is 17.7 Å². The number of fused-ring (bicyclic) bond motifs is 2. The molecular weight excluding hydrogens is 504 g/mol. The van der Waals surface area contributed by atoms with Crippen LogP contribution in [-0.4, -0.2) is 78.3 Å². The SMILES string of the molecule is CCOCOC1CC2C(=O)NC3([C]=O)CC3/C=C/CCCCCN(Cc3ccc(OC(N)=O)cc3)C(=O)N2C1. The van der Waals surface area contributed by atoms with E-state index in [1.165, 1.54) is 0 Å². The van der Waals surface area contributed by atoms with Gasteiger partial charge in [0.2, 0.25) is 12.2 Å². The molecular formula is C28H37N4O7. The summed E-state index contributed by atoms with van der Waals surface area (Å²) < 4.78 is 16.0. The molecule has 1 radical (unpaired) electrons. The molecule has 4 amide bonds. The molecule has 4 atom stereocenters. The Labute approximate surface area is 228 Å². The van der Waals surface area contributed by atoms with Crippen molar-refractivity contribution in [2.75, 3.05) is 26.5 Å². The molecule has 0 spiro atoms. The predicted molar refractivity (Wildman–Crippen MR) is 141 cm³/mol. The molecule has 0 bridgehead atoms. The summed E-state index contributed by atoms with van der Waals surface area (Å²) in [5.41, 5.74) is 4.88. The van der Waals surface area contributed by atoms with Gasteiger partial charge in [0, 0.05) is 38.6 Å². The van der Waals surface area contributed by atoms with Gasteiger partial charge < -0.3 is 35.1 Å². The Morgan fingerprint density at radius 1 is 1.21 bits per heavy atom. The molecule has 1 aromatic rings. The Balaban J connectivity index is 1.56. The predicted octanol–water partition coefficient (Wildman–Crippen LogP) is 2.63. The molecule has 3 aliphatic rings. The minimum atomic E-state index is -1.04. The number of benzene rings is 1. The molecule has 0 aromatic heterocycles. The number of carbonyl (C=O) groups is 3. The summed E-state index contributed by atoms with van der Waals surface area (Å²) in [6.45, 7) is 3.46. The quantitative estimate of drug-likeness (QED) is 0.293. The van der Waals surface area contributed by atoms with E-state index in [0.29, 0.717) is 38.3 Å². The maximum Gasteiger partial charge on any atom is 0.409 e. The average Bonchev–Trinajstić information content (AvgIpc) is 3.42. The third kappa shape index (κ3) is 7.36. The second-order valence-corrected chi connectivity index (χ2v) is 10.2. The zero-order chi connectivity index (χ0) is 27.8. The largest absolute Gasteiger partial charge is 0.411 e. The second kappa shape index (κ2) is 13.1. The zero-order valence-electron chi connectivity index (χ0n) is 22.3. The van der Waals surface area contributed by atoms with E-state index in [1.54, 1.807) is 34.1 Å². The topological polar surface area (TPSA) is 140 Å². The highest BCUT2D eigenvalue weighted by atomic mass is 16.7. The maximum atomic E-state index is 14.0. The van der Waals surface area contributed by atoms with E-state index in [4.69, 9.17) is 19.9 Å². The van der Waals surface area contributed by atoms with Crippen molar-refractivity contribution in [3.8, 4) is 5.75 Å². The van der Waals surface area contributed by atoms with Crippen molar-refractivity contribution in [3.05, 3.63) is 42.0 Å². The van der Waals surface area contributed by atoms with Crippen LogP contribution in [0.3, 0.4) is 0 Å². The van der Waals surface area contributed by atoms with Crippen LogP contribution in [0.2, 0.25) is 0 Å². The second-order valence-electron chi connectivity index (χ2n) is 10.2. The van der Waals surface area contributed by atoms with Gasteiger partial charge in [-0.05, 0) is 50.3 Å². The Morgan fingerprint density at radius 2 is 2.00 bits per heavy atom. The van der Waals surface area contributed by atoms with Gasteiger partial charge in [0.05, 0.1) is 6.10 Å². The van der Waals surface area contributed by atoms with E-state index >= 15 is 0 Å². The van der Waals surface area contributed by atoms with Gasteiger partial charge in [-0.1, -0.05) is 30.7 Å². The average molecular weight is 542 g/mol. The summed E-state index contributed by atoms with van der Waals surface area (Å²) in [7, 11) is 0. The zero-order valence-corrected chi connectivity index (χ0v) is 22.3. The number of primary amides is 1. The first kappa shape index (κ1) is 28.6. The third-order valence-corrected chi connectivity index (χ3v) is 7.40. The van der Waals surface area contributed by atoms with E-state index in [0.717, 1.165) is 31.2 Å². The van der Waals surface area contributed by atoms with Crippen molar-refractivity contribution in [2.45, 2.75) is 69.7 Å². The summed E-state index contributed by atoms with van der Waals surface area (Å²) in [5, 5.41) is 2.89. The molecule has 2 fully saturated rings. The Morgan fingerprint density at radius 3 is 2.72 bits per heavy atom. The first-order chi connectivity index (χ1) is 18.8. The van der Waals surface area contributed by atoms with Gasteiger partial charge in [0.25, 0.3) is 0 Å². The number of carbonyl (C=O) groups excluding carboxylic acids is 4. The van der Waals surface area contributed by atoms with Crippen molar-refractivity contribution >= 4 is 24.3 Å². The molecule has 1 aromatic carbocycles. The number of allylic oxidation sites excluding steroid dienone is 1. The van der Waals surface area contributed by atoms with Gasteiger partial charge in [0.15, 0.2) is 0 Å². The van der Waals surface area contributed by atoms with Gasteiger partial charge in [-0.25, -0.2) is 9.59 Å². The number of urea groups is 1. The minimum absolute atomic E-state index is 0.0693. The van der Waals surface area contributed by atoms with Crippen molar-refractivity contribution in [2.24, 2.45) is 11.7 Å². The Hall–Kier alpha value is -3.44. The number of amides is 4. The number of nitrogens with two attached hydrogens (primary N) is 1. The van der Waals surface area contributed by atoms with E-state index in [1.807, 2.05) is 19.3 Å². The molecule has 4 unspecified atom stereocenters. The van der Waals surface area contributed by atoms with Crippen LogP contribution in [0.25, 0.3) is 0 Å². The summed E-state index contributed by atoms with van der Waals surface area (Å²) in [4.78, 5) is 53.6. The van der Waals surface area contributed by atoms with E-state index in [-0.39, 0.29) is 37.3 Å². The lowest BCUT2D eigenvalue weighted by Crippen LogP contribution is -2.53. The molecule has 11 heteroatoms. The van der Waals surface area contributed by atoms with Gasteiger partial charge >= 0.3 is 12.1 Å². The molecule has 39 heavy (non-hydrogen) atoms. The lowest BCUT2D eigenvalue weighted by molar-refractivity contribution is -0.125. The third-order valence-electron chi connectivity index (χ3n) is 7.40. The van der Waals surface area contributed by atoms with Crippen LogP contribution in [0.4, 0.5) is 9.59 Å². The maximum absolute atomic E-state index is 14.0. The normalized spacial score (nSPS) is 28.4. The Kier molecular flexibility index (Phi) is 9.58. The summed E-state index contributed by atoms with van der Waals surface area (Å²) in [6, 6.07) is 5.71. The Bertz CT molecular complexity index is 1060. The molecule has 11 nitrogen and oxygen atoms in total. The van der Waals surface area contributed by atoms with Crippen LogP contribution < -0.4 is 15.8 Å². The van der Waals surface area contributed by atoms with Crippen LogP contribution in [0, 0.1) is 5.92 Å². The van der Waals surface area contributed by atoms with Crippen LogP contribution in [-0.2, 0) is 25.6 Å². The summed E-state index contributed by atoms with van der Waals surface area (Å²) in [6.07, 6.45) is 9.16. The van der Waals surface area contributed by atoms with Gasteiger partial charge in [0.1, 0.15) is 24.1 Å². The lowest BCUT2D eigenvalue weighted by atomic mass is 10.1. The smallest absolute Gasteiger partial charge is 0.409 e. The van der Waals surface area contributed by atoms with Crippen LogP contribution in [0.5, 0.6) is 5.75 Å². The molecule has 1 aliphatic carbocycles. The number of hydrogen-bond donors (Lipinski definition) is 2. The summed E-state index contributed by atoms with van der Waals surface area (Å²) in [5.74, 6) is -0.155. The number of hydrogen-bond acceptors (Lipinski definition) is 7. The van der Waals surface area contributed by atoms with Gasteiger partial charge in [-0.15, -0.1) is 0 Å². The van der Waals surface area contributed by atoms with Crippen LogP contribution in [0.1, 0.15) is 51.0 Å². The number of rotatable bonds is 8. The van der Waals surface area contributed by atoms with E-state index in [9.17, 15) is 19.2 Å². The molecule has 4 rings (SSSR count). The highest BCUT2D eigenvalue weighted by Gasteiger charge is 2.56. The van der Waals surface area contributed by atoms with Gasteiger partial charge in [-0.2, -0.15) is 0 Å². The monoisotopic (exact) mass is 541 g/mol. The molecule has 2 heterocycles. The fraction of sp³-hybridized carbons (Fsp3) is 0.571. The van der Waals surface area contributed by atoms with Crippen LogP contribution in [0.15, 0.2) is 36.4 Å². The van der Waals surface area contributed by atoms with Crippen molar-refractivity contribution < 1.29 is 33.4 Å². The molecule has 211 valence electrons. The highest BCUT2D eigenvalue weighted by Crippen LogP contribution is 2.43. The summed E-state index contributed by atoms with van der Waals surface area (Å²) >= 11 is 0. The molecule has 2 aliphatic heterocycles. The van der Waals surface area contributed by atoms with Crippen LogP contribution >= 0.6 is 0 Å². The first-order valence-corrected chi connectivity index (χ1v) is 13.5. The van der Waals surface area contributed by atoms with E-state index in [2.05, 4.69) is 11.4 Å². The number of nitrogens with one attached hydrogen (secondary N) is 1. The number of ether oxygens (including phenoxy) is 3. The molecule has 3 N–H and O–H groups in total. The van der Waals surface area contributed by atoms with Crippen molar-refractivity contribution in [3.63, 3.8) is 0 Å². The first-order valence-electron chi connectivity index (χ1n) is 13.5. The fourth-order valence-corrected chi connectivity index (χ4v) is 5.14. The van der Waals surface area contributed by atoms with Crippen molar-refractivity contribution in [1.82, 2.24) is 15.1 Å². The molecule has 1 saturated heterocycles. The number of nitrogens with zero attached hydrogens (tertiary/aromatic N) is 2. The standard InChI is InChI=1S/C28H37N4O7/c1-2-37-19-38-23-14-24-25(34)30-28(18-33)15-21(28)8-6-4-3-5-7-13-31(27(36)32(24)17-23)16-20-9-11-22(12-10-20)39-26(29)35/h6,8-12,21,23-24H,2-5,7,13-17,19H2,1H3,(H2,29,35)(H,30,34)/b8-6+. The highest BCUT2D eigenvalue weighted by molar-refractivity contribution is 5.91. The lowest BCUT2D eigenvalue weighted by Gasteiger charge is -2.32. The minimum Gasteiger partial charge on any atom is -0.411 e. The van der Waals surface area contributed by atoms with Gasteiger partial charge in [-0.3, -0.25) is 9.59 Å². The molecule has 1 saturated carbocycles. The van der Waals surface area contributed by atoms with Crippen molar-refractivity contribution in [1.29, 1.82) is 0 Å². The fourth-order valence-electron chi connectivity index (χ4n) is 5.14.